The van der Waals surface area contributed by atoms with E-state index < -0.39 is 11.6 Å². The van der Waals surface area contributed by atoms with E-state index >= 15 is 0 Å². The molecular weight excluding hydrogens is 270 g/mol. The summed E-state index contributed by atoms with van der Waals surface area (Å²) >= 11 is 0. The normalized spacial score (nSPS) is 19.1. The lowest BCUT2D eigenvalue weighted by atomic mass is 9.83. The molecule has 0 aromatic heterocycles. The molecule has 2 rings (SSSR count). The first-order valence-electron chi connectivity index (χ1n) is 7.84. The maximum Gasteiger partial charge on any atom is 0.129 e. The fourth-order valence-electron chi connectivity index (χ4n) is 3.70. The van der Waals surface area contributed by atoms with Crippen molar-refractivity contribution in [3.8, 4) is 0 Å². The minimum atomic E-state index is -0.514. The summed E-state index contributed by atoms with van der Waals surface area (Å²) in [5, 5.41) is 3.53. The van der Waals surface area contributed by atoms with Gasteiger partial charge in [-0.1, -0.05) is 25.8 Å². The molecule has 0 radical (unpaired) electrons. The Morgan fingerprint density at radius 2 is 1.90 bits per heavy atom. The van der Waals surface area contributed by atoms with Gasteiger partial charge in [0, 0.05) is 17.6 Å². The molecule has 1 aromatic carbocycles. The lowest BCUT2D eigenvalue weighted by Crippen LogP contribution is -2.58. The summed E-state index contributed by atoms with van der Waals surface area (Å²) in [6, 6.07) is 4.08. The van der Waals surface area contributed by atoms with E-state index in [-0.39, 0.29) is 11.6 Å². The monoisotopic (exact) mass is 296 g/mol. The molecular formula is C17H26F2N2. The summed E-state index contributed by atoms with van der Waals surface area (Å²) in [5.41, 5.74) is 0.659. The van der Waals surface area contributed by atoms with Crippen molar-refractivity contribution in [2.75, 3.05) is 20.6 Å². The number of benzene rings is 1. The third kappa shape index (κ3) is 3.43. The van der Waals surface area contributed by atoms with Crippen molar-refractivity contribution in [3.63, 3.8) is 0 Å². The zero-order chi connectivity index (χ0) is 15.5. The molecule has 4 heteroatoms. The molecule has 118 valence electrons. The van der Waals surface area contributed by atoms with Crippen molar-refractivity contribution in [3.05, 3.63) is 35.4 Å². The molecule has 1 atom stereocenters. The van der Waals surface area contributed by atoms with Crippen molar-refractivity contribution in [1.29, 1.82) is 0 Å². The second-order valence-electron chi connectivity index (χ2n) is 6.26. The zero-order valence-electron chi connectivity index (χ0n) is 13.3. The number of hydrogen-bond donors (Lipinski definition) is 1. The number of nitrogens with one attached hydrogen (secondary N) is 1. The van der Waals surface area contributed by atoms with Gasteiger partial charge in [-0.15, -0.1) is 0 Å². The lowest BCUT2D eigenvalue weighted by Gasteiger charge is -2.44. The molecule has 2 nitrogen and oxygen atoms in total. The molecule has 0 amide bonds. The van der Waals surface area contributed by atoms with Crippen LogP contribution in [0, 0.1) is 11.6 Å². The quantitative estimate of drug-likeness (QED) is 0.866. The molecule has 1 aliphatic rings. The summed E-state index contributed by atoms with van der Waals surface area (Å²) in [6.07, 6.45) is 5.27. The molecule has 1 N–H and O–H groups in total. The smallest absolute Gasteiger partial charge is 0.129 e. The SMILES string of the molecule is CCNC(Cc1ccc(F)cc1F)C1(N(C)C)CCCC1. The molecule has 1 aromatic rings. The second kappa shape index (κ2) is 6.84. The Bertz CT molecular complexity index is 468. The largest absolute Gasteiger partial charge is 0.312 e. The van der Waals surface area contributed by atoms with E-state index in [1.807, 2.05) is 0 Å². The Kier molecular flexibility index (Phi) is 5.33. The minimum absolute atomic E-state index is 0.0663. The van der Waals surface area contributed by atoms with Crippen LogP contribution in [-0.2, 0) is 6.42 Å². The minimum Gasteiger partial charge on any atom is -0.312 e. The van der Waals surface area contributed by atoms with Crippen LogP contribution in [0.15, 0.2) is 18.2 Å². The molecule has 1 unspecified atom stereocenters. The number of hydrogen-bond acceptors (Lipinski definition) is 2. The second-order valence-corrected chi connectivity index (χ2v) is 6.26. The van der Waals surface area contributed by atoms with E-state index in [4.69, 9.17) is 0 Å². The summed E-state index contributed by atoms with van der Waals surface area (Å²) in [7, 11) is 4.22. The van der Waals surface area contributed by atoms with Crippen LogP contribution in [-0.4, -0.2) is 37.1 Å². The summed E-state index contributed by atoms with van der Waals surface area (Å²) < 4.78 is 27.1. The Balaban J connectivity index is 2.26. The van der Waals surface area contributed by atoms with Gasteiger partial charge in [-0.3, -0.25) is 0 Å². The highest BCUT2D eigenvalue weighted by Crippen LogP contribution is 2.38. The van der Waals surface area contributed by atoms with Crippen LogP contribution >= 0.6 is 0 Å². The molecule has 0 saturated heterocycles. The number of nitrogens with zero attached hydrogens (tertiary/aromatic N) is 1. The third-order valence-corrected chi connectivity index (χ3v) is 4.90. The molecule has 0 aliphatic heterocycles. The van der Waals surface area contributed by atoms with Gasteiger partial charge in [0.2, 0.25) is 0 Å². The van der Waals surface area contributed by atoms with Gasteiger partial charge in [-0.25, -0.2) is 8.78 Å². The highest BCUT2D eigenvalue weighted by Gasteiger charge is 2.42. The fraction of sp³-hybridized carbons (Fsp3) is 0.647. The van der Waals surface area contributed by atoms with E-state index in [1.54, 1.807) is 6.07 Å². The number of likely N-dealkylation sites (N-methyl/N-ethyl adjacent to an activating group) is 2. The van der Waals surface area contributed by atoms with Crippen LogP contribution < -0.4 is 5.32 Å². The van der Waals surface area contributed by atoms with Crippen molar-refractivity contribution in [2.24, 2.45) is 0 Å². The van der Waals surface area contributed by atoms with Crippen LogP contribution in [0.1, 0.15) is 38.2 Å². The molecule has 0 heterocycles. The maximum atomic E-state index is 14.0. The van der Waals surface area contributed by atoms with Gasteiger partial charge >= 0.3 is 0 Å². The Morgan fingerprint density at radius 3 is 2.43 bits per heavy atom. The van der Waals surface area contributed by atoms with Crippen LogP contribution in [0.2, 0.25) is 0 Å². The van der Waals surface area contributed by atoms with Crippen LogP contribution in [0.4, 0.5) is 8.78 Å². The van der Waals surface area contributed by atoms with Gasteiger partial charge in [0.15, 0.2) is 0 Å². The van der Waals surface area contributed by atoms with Crippen LogP contribution in [0.25, 0.3) is 0 Å². The molecule has 0 bridgehead atoms. The van der Waals surface area contributed by atoms with E-state index in [2.05, 4.69) is 31.2 Å². The first-order chi connectivity index (χ1) is 9.99. The van der Waals surface area contributed by atoms with Crippen molar-refractivity contribution >= 4 is 0 Å². The lowest BCUT2D eigenvalue weighted by molar-refractivity contribution is 0.105. The van der Waals surface area contributed by atoms with Crippen molar-refractivity contribution < 1.29 is 8.78 Å². The van der Waals surface area contributed by atoms with Gasteiger partial charge in [0.25, 0.3) is 0 Å². The average molecular weight is 296 g/mol. The van der Waals surface area contributed by atoms with E-state index in [0.717, 1.165) is 25.5 Å². The summed E-state index contributed by atoms with van der Waals surface area (Å²) in [6.45, 7) is 2.93. The van der Waals surface area contributed by atoms with Gasteiger partial charge in [-0.05, 0) is 51.5 Å². The van der Waals surface area contributed by atoms with Gasteiger partial charge in [0.05, 0.1) is 0 Å². The molecule has 1 saturated carbocycles. The highest BCUT2D eigenvalue weighted by atomic mass is 19.1. The molecule has 0 spiro atoms. The summed E-state index contributed by atoms with van der Waals surface area (Å²) in [4.78, 5) is 2.29. The average Bonchev–Trinajstić information content (AvgIpc) is 2.91. The Morgan fingerprint density at radius 1 is 1.24 bits per heavy atom. The van der Waals surface area contributed by atoms with Crippen molar-refractivity contribution in [2.45, 2.75) is 50.6 Å². The molecule has 21 heavy (non-hydrogen) atoms. The van der Waals surface area contributed by atoms with Gasteiger partial charge in [-0.2, -0.15) is 0 Å². The molecule has 1 aliphatic carbocycles. The van der Waals surface area contributed by atoms with E-state index in [9.17, 15) is 8.78 Å². The molecule has 1 fully saturated rings. The van der Waals surface area contributed by atoms with Crippen molar-refractivity contribution in [1.82, 2.24) is 10.2 Å². The maximum absolute atomic E-state index is 14.0. The van der Waals surface area contributed by atoms with Crippen LogP contribution in [0.3, 0.4) is 0 Å². The Labute approximate surface area is 126 Å². The predicted molar refractivity (Wildman–Crippen MR) is 82.4 cm³/mol. The number of rotatable bonds is 6. The summed E-state index contributed by atoms with van der Waals surface area (Å²) in [5.74, 6) is -0.954. The first-order valence-corrected chi connectivity index (χ1v) is 7.84. The number of halogens is 2. The van der Waals surface area contributed by atoms with Gasteiger partial charge in [0.1, 0.15) is 11.6 Å². The van der Waals surface area contributed by atoms with E-state index in [1.165, 1.54) is 18.9 Å². The zero-order valence-corrected chi connectivity index (χ0v) is 13.3. The van der Waals surface area contributed by atoms with Gasteiger partial charge < -0.3 is 10.2 Å². The Hall–Kier alpha value is -1.00. The third-order valence-electron chi connectivity index (χ3n) is 4.90. The fourth-order valence-corrected chi connectivity index (χ4v) is 3.70. The first kappa shape index (κ1) is 16.4. The highest BCUT2D eigenvalue weighted by molar-refractivity contribution is 5.21. The standard InChI is InChI=1S/C17H26F2N2/c1-4-20-16(17(21(2)3)9-5-6-10-17)11-13-7-8-14(18)12-15(13)19/h7-8,12,16,20H,4-6,9-11H2,1-3H3. The van der Waals surface area contributed by atoms with Crippen LogP contribution in [0.5, 0.6) is 0 Å². The van der Waals surface area contributed by atoms with E-state index in [0.29, 0.717) is 12.0 Å². The predicted octanol–water partition coefficient (Wildman–Crippen LogP) is 3.36. The topological polar surface area (TPSA) is 15.3 Å².